The molecule has 100 valence electrons. The molecule has 0 rings (SSSR count). The van der Waals surface area contributed by atoms with Crippen molar-refractivity contribution in [3.63, 3.8) is 0 Å². The van der Waals surface area contributed by atoms with E-state index in [9.17, 15) is 0 Å². The molecule has 0 bridgehead atoms. The predicted octanol–water partition coefficient (Wildman–Crippen LogP) is 2.53. The Hall–Kier alpha value is 1.50. The van der Waals surface area contributed by atoms with Crippen molar-refractivity contribution in [3.05, 3.63) is 6.92 Å². The van der Waals surface area contributed by atoms with Crippen molar-refractivity contribution in [1.82, 2.24) is 0 Å². The molecule has 17 heavy (non-hydrogen) atoms. The van der Waals surface area contributed by atoms with Crippen molar-refractivity contribution >= 4 is 23.1 Å². The van der Waals surface area contributed by atoms with E-state index in [-0.39, 0.29) is 47.0 Å². The Labute approximate surface area is 143 Å². The first-order valence-corrected chi connectivity index (χ1v) is 7.21. The average Bonchev–Trinajstić information content (AvgIpc) is 2.26. The zero-order valence-corrected chi connectivity index (χ0v) is 15.6. The van der Waals surface area contributed by atoms with Gasteiger partial charge in [0.05, 0.1) is 0 Å². The predicted molar refractivity (Wildman–Crippen MR) is 76.8 cm³/mol. The van der Waals surface area contributed by atoms with Crippen molar-refractivity contribution in [3.8, 4) is 0 Å². The van der Waals surface area contributed by atoms with Crippen LogP contribution in [0.25, 0.3) is 0 Å². The van der Waals surface area contributed by atoms with Crippen LogP contribution >= 0.6 is 0 Å². The second-order valence-electron chi connectivity index (χ2n) is 4.74. The Bertz CT molecular complexity index is 95.1. The number of hydrogen-bond acceptors (Lipinski definition) is 0. The fraction of sp³-hybridized carbons (Fsp3) is 0.933. The van der Waals surface area contributed by atoms with E-state index in [2.05, 4.69) is 13.8 Å². The molecule has 0 heterocycles. The molecule has 0 nitrogen and oxygen atoms in total. The fourth-order valence-electron chi connectivity index (χ4n) is 2.02. The van der Waals surface area contributed by atoms with E-state index < -0.39 is 0 Å². The van der Waals surface area contributed by atoms with Crippen LogP contribution in [0.3, 0.4) is 0 Å². The van der Waals surface area contributed by atoms with Crippen LogP contribution in [0.15, 0.2) is 0 Å². The van der Waals surface area contributed by atoms with Gasteiger partial charge in [0.15, 0.2) is 0 Å². The minimum absolute atomic E-state index is 0. The SMILES string of the molecule is [CH2-]CCCCCCCCCCCCCC.[I-].[Mg+2]. The van der Waals surface area contributed by atoms with E-state index in [4.69, 9.17) is 0 Å². The van der Waals surface area contributed by atoms with Gasteiger partial charge in [-0.1, -0.05) is 84.0 Å². The van der Waals surface area contributed by atoms with Gasteiger partial charge >= 0.3 is 23.1 Å². The third-order valence-corrected chi connectivity index (χ3v) is 3.10. The molecule has 0 unspecified atom stereocenters. The van der Waals surface area contributed by atoms with Gasteiger partial charge in [0.25, 0.3) is 0 Å². The van der Waals surface area contributed by atoms with Gasteiger partial charge < -0.3 is 30.9 Å². The van der Waals surface area contributed by atoms with Gasteiger partial charge in [-0.05, 0) is 0 Å². The Kier molecular flexibility index (Phi) is 31.4. The van der Waals surface area contributed by atoms with Crippen molar-refractivity contribution in [2.75, 3.05) is 0 Å². The molecule has 0 aliphatic carbocycles. The van der Waals surface area contributed by atoms with Gasteiger partial charge in [-0.3, -0.25) is 0 Å². The molecule has 0 spiro atoms. The normalized spacial score (nSPS) is 9.53. The molecule has 2 heteroatoms. The van der Waals surface area contributed by atoms with Crippen LogP contribution in [0.4, 0.5) is 0 Å². The summed E-state index contributed by atoms with van der Waals surface area (Å²) in [5, 5.41) is 0. The number of hydrogen-bond donors (Lipinski definition) is 0. The van der Waals surface area contributed by atoms with Crippen LogP contribution in [0.5, 0.6) is 0 Å². The average molecular weight is 363 g/mol. The Morgan fingerprint density at radius 3 is 1.18 bits per heavy atom. The van der Waals surface area contributed by atoms with E-state index in [1.54, 1.807) is 0 Å². The second-order valence-corrected chi connectivity index (χ2v) is 4.74. The quantitative estimate of drug-likeness (QED) is 0.217. The van der Waals surface area contributed by atoms with E-state index in [0.717, 1.165) is 6.42 Å². The number of unbranched alkanes of at least 4 members (excludes halogenated alkanes) is 12. The zero-order chi connectivity index (χ0) is 11.2. The molecule has 0 saturated carbocycles. The number of rotatable bonds is 12. The van der Waals surface area contributed by atoms with Crippen molar-refractivity contribution < 1.29 is 24.0 Å². The van der Waals surface area contributed by atoms with Crippen molar-refractivity contribution in [2.45, 2.75) is 90.4 Å². The molecule has 0 aromatic carbocycles. The third kappa shape index (κ3) is 23.1. The molecule has 0 radical (unpaired) electrons. The van der Waals surface area contributed by atoms with Gasteiger partial charge in [-0.2, -0.15) is 6.42 Å². The van der Waals surface area contributed by atoms with Crippen LogP contribution in [0.2, 0.25) is 0 Å². The largest absolute Gasteiger partial charge is 2.00 e. The monoisotopic (exact) mass is 362 g/mol. The third-order valence-electron chi connectivity index (χ3n) is 3.10. The van der Waals surface area contributed by atoms with Gasteiger partial charge in [-0.15, -0.1) is 0 Å². The van der Waals surface area contributed by atoms with Crippen molar-refractivity contribution in [1.29, 1.82) is 0 Å². The second kappa shape index (κ2) is 22.7. The van der Waals surface area contributed by atoms with Gasteiger partial charge in [0, 0.05) is 0 Å². The Morgan fingerprint density at radius 2 is 0.882 bits per heavy atom. The van der Waals surface area contributed by atoms with E-state index >= 15 is 0 Å². The van der Waals surface area contributed by atoms with Gasteiger partial charge in [-0.25, -0.2) is 0 Å². The van der Waals surface area contributed by atoms with Gasteiger partial charge in [0.1, 0.15) is 0 Å². The molecule has 0 N–H and O–H groups in total. The molecule has 0 amide bonds. The summed E-state index contributed by atoms with van der Waals surface area (Å²) in [6.45, 7) is 6.15. The van der Waals surface area contributed by atoms with Crippen LogP contribution in [0.1, 0.15) is 90.4 Å². The molecule has 0 fully saturated rings. The van der Waals surface area contributed by atoms with E-state index in [1.165, 1.54) is 77.0 Å². The molecular weight excluding hydrogens is 331 g/mol. The minimum Gasteiger partial charge on any atom is -1.00 e. The number of halogens is 1. The van der Waals surface area contributed by atoms with E-state index in [0.29, 0.717) is 0 Å². The van der Waals surface area contributed by atoms with Gasteiger partial charge in [0.2, 0.25) is 0 Å². The maximum atomic E-state index is 3.87. The first-order valence-electron chi connectivity index (χ1n) is 7.21. The molecular formula is C15H31IMg. The van der Waals surface area contributed by atoms with Crippen LogP contribution in [-0.2, 0) is 0 Å². The topological polar surface area (TPSA) is 0 Å². The van der Waals surface area contributed by atoms with Crippen LogP contribution in [0, 0.1) is 6.92 Å². The molecule has 0 saturated heterocycles. The smallest absolute Gasteiger partial charge is 1.00 e. The summed E-state index contributed by atoms with van der Waals surface area (Å²) < 4.78 is 0. The molecule has 0 aliphatic rings. The summed E-state index contributed by atoms with van der Waals surface area (Å²) in [7, 11) is 0. The maximum absolute atomic E-state index is 3.87. The molecule has 0 aliphatic heterocycles. The Balaban J connectivity index is -0.000000980. The molecule has 0 aromatic rings. The van der Waals surface area contributed by atoms with Crippen molar-refractivity contribution in [2.24, 2.45) is 0 Å². The summed E-state index contributed by atoms with van der Waals surface area (Å²) >= 11 is 0. The van der Waals surface area contributed by atoms with Crippen LogP contribution in [-0.4, -0.2) is 23.1 Å². The molecule has 0 aromatic heterocycles. The first kappa shape index (κ1) is 23.6. The first-order chi connectivity index (χ1) is 7.41. The summed E-state index contributed by atoms with van der Waals surface area (Å²) in [5.74, 6) is 0. The summed E-state index contributed by atoms with van der Waals surface area (Å²) in [6, 6.07) is 0. The zero-order valence-electron chi connectivity index (χ0n) is 12.0. The van der Waals surface area contributed by atoms with E-state index in [1.807, 2.05) is 0 Å². The van der Waals surface area contributed by atoms with Crippen LogP contribution < -0.4 is 24.0 Å². The Morgan fingerprint density at radius 1 is 0.588 bits per heavy atom. The fourth-order valence-corrected chi connectivity index (χ4v) is 2.02. The maximum Gasteiger partial charge on any atom is 2.00 e. The summed E-state index contributed by atoms with van der Waals surface area (Å²) in [6.07, 6.45) is 18.3. The summed E-state index contributed by atoms with van der Waals surface area (Å²) in [5.41, 5.74) is 0. The summed E-state index contributed by atoms with van der Waals surface area (Å²) in [4.78, 5) is 0. The molecule has 0 atom stereocenters. The minimum atomic E-state index is 0. The standard InChI is InChI=1S/C15H31.HI.Mg/c1-3-5-7-9-11-13-15-14-12-10-8-6-4-2;;/h1,3-15H2,2H3;1H;/q-1;;+2/p-1.